The molecule has 1 unspecified atom stereocenters. The van der Waals surface area contributed by atoms with Crippen LogP contribution in [0.25, 0.3) is 0 Å². The summed E-state index contributed by atoms with van der Waals surface area (Å²) < 4.78 is 31.2. The van der Waals surface area contributed by atoms with Crippen molar-refractivity contribution in [1.29, 1.82) is 0 Å². The number of carboxylic acid groups (broad SMARTS) is 1. The van der Waals surface area contributed by atoms with E-state index in [9.17, 15) is 13.2 Å². The monoisotopic (exact) mass is 302 g/mol. The number of anilines is 1. The molecule has 3 N–H and O–H groups in total. The molecule has 0 aromatic heterocycles. The van der Waals surface area contributed by atoms with Gasteiger partial charge in [-0.3, -0.25) is 0 Å². The Kier molecular flexibility index (Phi) is 5.93. The Bertz CT molecular complexity index is 559. The van der Waals surface area contributed by atoms with E-state index in [1.165, 1.54) is 13.2 Å². The van der Waals surface area contributed by atoms with Crippen molar-refractivity contribution in [2.75, 3.05) is 25.5 Å². The fourth-order valence-corrected chi connectivity index (χ4v) is 2.81. The molecule has 0 spiro atoms. The van der Waals surface area contributed by atoms with E-state index >= 15 is 0 Å². The first-order valence-corrected chi connectivity index (χ1v) is 7.48. The molecule has 1 aromatic rings. The summed E-state index contributed by atoms with van der Waals surface area (Å²) in [6.45, 7) is 1.91. The summed E-state index contributed by atoms with van der Waals surface area (Å²) in [5, 5.41) is 11.7. The Morgan fingerprint density at radius 1 is 1.40 bits per heavy atom. The van der Waals surface area contributed by atoms with Gasteiger partial charge in [-0.15, -0.1) is 0 Å². The average Bonchev–Trinajstić information content (AvgIpc) is 2.39. The number of methoxy groups -OCH3 is 1. The summed E-state index contributed by atoms with van der Waals surface area (Å²) >= 11 is 0. The summed E-state index contributed by atoms with van der Waals surface area (Å²) in [5.74, 6) is -1.12. The molecule has 0 saturated heterocycles. The fourth-order valence-electron chi connectivity index (χ4n) is 1.59. The predicted molar refractivity (Wildman–Crippen MR) is 74.2 cm³/mol. The van der Waals surface area contributed by atoms with Crippen LogP contribution in [0.1, 0.15) is 6.92 Å². The molecular weight excluding hydrogens is 284 g/mol. The van der Waals surface area contributed by atoms with E-state index in [0.717, 1.165) is 0 Å². The standard InChI is InChI=1S/C12H18N2O5S/c1-3-14-20(17,18)11-7-5-4-6-9(11)13-8-10(19-2)12(15)16/h4-7,10,13-14H,3,8H2,1-2H3,(H,15,16). The van der Waals surface area contributed by atoms with Gasteiger partial charge in [0, 0.05) is 13.7 Å². The zero-order chi connectivity index (χ0) is 15.2. The van der Waals surface area contributed by atoms with Crippen LogP contribution in [0.15, 0.2) is 29.2 Å². The molecule has 0 aliphatic rings. The second-order valence-electron chi connectivity index (χ2n) is 3.94. The van der Waals surface area contributed by atoms with Gasteiger partial charge in [0.15, 0.2) is 6.10 Å². The molecule has 7 nitrogen and oxygen atoms in total. The molecule has 0 aliphatic carbocycles. The molecule has 0 heterocycles. The number of hydrogen-bond donors (Lipinski definition) is 3. The lowest BCUT2D eigenvalue weighted by atomic mass is 10.3. The van der Waals surface area contributed by atoms with Gasteiger partial charge in [-0.2, -0.15) is 0 Å². The minimum Gasteiger partial charge on any atom is -0.479 e. The highest BCUT2D eigenvalue weighted by molar-refractivity contribution is 7.89. The number of ether oxygens (including phenoxy) is 1. The van der Waals surface area contributed by atoms with Crippen molar-refractivity contribution < 1.29 is 23.1 Å². The largest absolute Gasteiger partial charge is 0.479 e. The van der Waals surface area contributed by atoms with Crippen molar-refractivity contribution >= 4 is 21.7 Å². The van der Waals surface area contributed by atoms with Crippen LogP contribution in [0.4, 0.5) is 5.69 Å². The molecule has 0 saturated carbocycles. The smallest absolute Gasteiger partial charge is 0.334 e. The van der Waals surface area contributed by atoms with E-state index in [0.29, 0.717) is 5.69 Å². The Morgan fingerprint density at radius 2 is 2.05 bits per heavy atom. The molecule has 0 radical (unpaired) electrons. The highest BCUT2D eigenvalue weighted by Crippen LogP contribution is 2.20. The Labute approximate surface area is 118 Å². The summed E-state index contributed by atoms with van der Waals surface area (Å²) in [6.07, 6.45) is -1.05. The second-order valence-corrected chi connectivity index (χ2v) is 5.68. The molecule has 0 amide bonds. The third kappa shape index (κ3) is 4.19. The van der Waals surface area contributed by atoms with Crippen LogP contribution >= 0.6 is 0 Å². The maximum absolute atomic E-state index is 12.0. The molecule has 1 aromatic carbocycles. The van der Waals surface area contributed by atoms with Gasteiger partial charge in [-0.1, -0.05) is 19.1 Å². The Balaban J connectivity index is 2.94. The molecule has 20 heavy (non-hydrogen) atoms. The van der Waals surface area contributed by atoms with E-state index in [2.05, 4.69) is 10.0 Å². The maximum atomic E-state index is 12.0. The van der Waals surface area contributed by atoms with Gasteiger partial charge in [-0.05, 0) is 12.1 Å². The number of benzene rings is 1. The molecule has 0 fully saturated rings. The molecule has 0 aliphatic heterocycles. The second kappa shape index (κ2) is 7.22. The van der Waals surface area contributed by atoms with E-state index in [4.69, 9.17) is 9.84 Å². The van der Waals surface area contributed by atoms with Crippen molar-refractivity contribution in [3.63, 3.8) is 0 Å². The first-order valence-electron chi connectivity index (χ1n) is 6.00. The van der Waals surface area contributed by atoms with E-state index in [1.54, 1.807) is 25.1 Å². The normalized spacial score (nSPS) is 12.9. The third-order valence-electron chi connectivity index (χ3n) is 2.55. The molecule has 1 rings (SSSR count). The lowest BCUT2D eigenvalue weighted by Crippen LogP contribution is -2.31. The number of hydrogen-bond acceptors (Lipinski definition) is 5. The lowest BCUT2D eigenvalue weighted by molar-refractivity contribution is -0.147. The van der Waals surface area contributed by atoms with Crippen molar-refractivity contribution in [3.05, 3.63) is 24.3 Å². The SMILES string of the molecule is CCNS(=O)(=O)c1ccccc1NCC(OC)C(=O)O. The van der Waals surface area contributed by atoms with Crippen LogP contribution in [0.3, 0.4) is 0 Å². The zero-order valence-electron chi connectivity index (χ0n) is 11.3. The summed E-state index contributed by atoms with van der Waals surface area (Å²) in [5.41, 5.74) is 0.330. The maximum Gasteiger partial charge on any atom is 0.334 e. The van der Waals surface area contributed by atoms with Gasteiger partial charge < -0.3 is 15.2 Å². The number of carboxylic acids is 1. The summed E-state index contributed by atoms with van der Waals surface area (Å²) in [4.78, 5) is 10.9. The van der Waals surface area contributed by atoms with Crippen molar-refractivity contribution in [1.82, 2.24) is 4.72 Å². The molecule has 1 atom stereocenters. The van der Waals surface area contributed by atoms with Crippen molar-refractivity contribution in [2.24, 2.45) is 0 Å². The Hall–Kier alpha value is -1.64. The van der Waals surface area contributed by atoms with Crippen LogP contribution in [0.5, 0.6) is 0 Å². The number of rotatable bonds is 8. The van der Waals surface area contributed by atoms with Gasteiger partial charge >= 0.3 is 5.97 Å². The number of para-hydroxylation sites is 1. The minimum atomic E-state index is -3.62. The topological polar surface area (TPSA) is 105 Å². The van der Waals surface area contributed by atoms with Gasteiger partial charge in [0.25, 0.3) is 0 Å². The fraction of sp³-hybridized carbons (Fsp3) is 0.417. The number of carbonyl (C=O) groups is 1. The lowest BCUT2D eigenvalue weighted by Gasteiger charge is -2.15. The first kappa shape index (κ1) is 16.4. The average molecular weight is 302 g/mol. The van der Waals surface area contributed by atoms with Crippen LogP contribution in [-0.2, 0) is 19.6 Å². The first-order chi connectivity index (χ1) is 9.42. The quantitative estimate of drug-likeness (QED) is 0.646. The highest BCUT2D eigenvalue weighted by atomic mass is 32.2. The van der Waals surface area contributed by atoms with Gasteiger partial charge in [0.05, 0.1) is 12.2 Å². The number of aliphatic carboxylic acids is 1. The van der Waals surface area contributed by atoms with Crippen LogP contribution in [0.2, 0.25) is 0 Å². The molecule has 8 heteroatoms. The van der Waals surface area contributed by atoms with Crippen LogP contribution in [-0.4, -0.2) is 45.8 Å². The summed E-state index contributed by atoms with van der Waals surface area (Å²) in [6, 6.07) is 6.28. The zero-order valence-corrected chi connectivity index (χ0v) is 12.1. The predicted octanol–water partition coefficient (Wildman–Crippen LogP) is 0.496. The van der Waals surface area contributed by atoms with Crippen molar-refractivity contribution in [3.8, 4) is 0 Å². The van der Waals surface area contributed by atoms with Crippen LogP contribution < -0.4 is 10.0 Å². The van der Waals surface area contributed by atoms with Crippen molar-refractivity contribution in [2.45, 2.75) is 17.9 Å². The molecule has 0 bridgehead atoms. The number of nitrogens with one attached hydrogen (secondary N) is 2. The third-order valence-corrected chi connectivity index (χ3v) is 4.15. The summed E-state index contributed by atoms with van der Waals surface area (Å²) in [7, 11) is -2.34. The van der Waals surface area contributed by atoms with E-state index < -0.39 is 22.1 Å². The number of sulfonamides is 1. The highest BCUT2D eigenvalue weighted by Gasteiger charge is 2.20. The molecular formula is C12H18N2O5S. The van der Waals surface area contributed by atoms with Crippen LogP contribution in [0, 0.1) is 0 Å². The van der Waals surface area contributed by atoms with Gasteiger partial charge in [0.1, 0.15) is 4.90 Å². The van der Waals surface area contributed by atoms with E-state index in [-0.39, 0.29) is 18.0 Å². The Morgan fingerprint density at radius 3 is 2.60 bits per heavy atom. The van der Waals surface area contributed by atoms with Gasteiger partial charge in [0.2, 0.25) is 10.0 Å². The minimum absolute atomic E-state index is 0.0372. The van der Waals surface area contributed by atoms with Gasteiger partial charge in [-0.25, -0.2) is 17.9 Å². The molecule has 112 valence electrons. The van der Waals surface area contributed by atoms with E-state index in [1.807, 2.05) is 0 Å².